The number of nitrogens with two attached hydrogens (primary N) is 1. The van der Waals surface area contributed by atoms with E-state index in [0.29, 0.717) is 38.8 Å². The molecule has 0 aromatic heterocycles. The van der Waals surface area contributed by atoms with Crippen molar-refractivity contribution in [2.24, 2.45) is 11.1 Å². The Morgan fingerprint density at radius 1 is 1.08 bits per heavy atom. The fourth-order valence-corrected chi connectivity index (χ4v) is 2.11. The second kappa shape index (κ2) is 11.1. The van der Waals surface area contributed by atoms with Crippen LogP contribution in [0.15, 0.2) is 0 Å². The monoisotopic (exact) mass is 373 g/mol. The number of aliphatic carboxylic acids is 1. The standard InChI is InChI=1S/C18H35N3O5/c1-13(22)20-11-9-18(4,5)26-12-17(2,3)16(25)21-10-7-6-8-14(19)15(23)24/h14H,6-12,19H2,1-5H3,(H,20,22)(H,21,25)(H,23,24). The average molecular weight is 373 g/mol. The van der Waals surface area contributed by atoms with Crippen molar-refractivity contribution in [3.63, 3.8) is 0 Å². The van der Waals surface area contributed by atoms with E-state index in [-0.39, 0.29) is 18.4 Å². The number of carbonyl (C=O) groups is 3. The summed E-state index contributed by atoms with van der Waals surface area (Å²) in [6.45, 7) is 10.2. The van der Waals surface area contributed by atoms with E-state index < -0.39 is 23.0 Å². The predicted molar refractivity (Wildman–Crippen MR) is 99.6 cm³/mol. The first kappa shape index (κ1) is 24.3. The van der Waals surface area contributed by atoms with E-state index in [1.165, 1.54) is 6.92 Å². The van der Waals surface area contributed by atoms with Gasteiger partial charge in [0, 0.05) is 20.0 Å². The second-order valence-corrected chi connectivity index (χ2v) is 7.86. The average Bonchev–Trinajstić information content (AvgIpc) is 2.51. The summed E-state index contributed by atoms with van der Waals surface area (Å²) in [5.74, 6) is -1.20. The number of carbonyl (C=O) groups excluding carboxylic acids is 2. The Labute approximate surface area is 156 Å². The number of rotatable bonds is 13. The third-order valence-corrected chi connectivity index (χ3v) is 4.08. The molecule has 1 atom stereocenters. The Kier molecular flexibility index (Phi) is 10.4. The molecule has 8 nitrogen and oxygen atoms in total. The summed E-state index contributed by atoms with van der Waals surface area (Å²) in [5, 5.41) is 14.3. The third-order valence-electron chi connectivity index (χ3n) is 4.08. The molecule has 0 saturated heterocycles. The normalized spacial score (nSPS) is 13.2. The molecule has 0 aromatic rings. The predicted octanol–water partition coefficient (Wildman–Crippen LogP) is 1.03. The Balaban J connectivity index is 4.14. The molecule has 2 amide bonds. The smallest absolute Gasteiger partial charge is 0.320 e. The van der Waals surface area contributed by atoms with Crippen molar-refractivity contribution < 1.29 is 24.2 Å². The van der Waals surface area contributed by atoms with Crippen LogP contribution in [0, 0.1) is 5.41 Å². The first-order chi connectivity index (χ1) is 11.9. The summed E-state index contributed by atoms with van der Waals surface area (Å²) in [4.78, 5) is 33.9. The van der Waals surface area contributed by atoms with Crippen molar-refractivity contribution in [3.8, 4) is 0 Å². The molecule has 0 heterocycles. The van der Waals surface area contributed by atoms with Gasteiger partial charge in [-0.15, -0.1) is 0 Å². The maximum atomic E-state index is 12.3. The molecule has 152 valence electrons. The summed E-state index contributed by atoms with van der Waals surface area (Å²) in [7, 11) is 0. The Morgan fingerprint density at radius 3 is 2.23 bits per heavy atom. The Bertz CT molecular complexity index is 477. The van der Waals surface area contributed by atoms with E-state index >= 15 is 0 Å². The SMILES string of the molecule is CC(=O)NCCC(C)(C)OCC(C)(C)C(=O)NCCCCC(N)C(=O)O. The molecule has 0 aromatic carbocycles. The number of hydrogen-bond donors (Lipinski definition) is 4. The lowest BCUT2D eigenvalue weighted by atomic mass is 9.92. The van der Waals surface area contributed by atoms with Gasteiger partial charge in [-0.3, -0.25) is 14.4 Å². The van der Waals surface area contributed by atoms with E-state index in [4.69, 9.17) is 15.6 Å². The van der Waals surface area contributed by atoms with Crippen LogP contribution in [0.3, 0.4) is 0 Å². The van der Waals surface area contributed by atoms with Crippen molar-refractivity contribution in [2.45, 2.75) is 71.9 Å². The zero-order chi connectivity index (χ0) is 20.4. The highest BCUT2D eigenvalue weighted by molar-refractivity contribution is 5.81. The van der Waals surface area contributed by atoms with Crippen molar-refractivity contribution in [1.82, 2.24) is 10.6 Å². The van der Waals surface area contributed by atoms with Crippen LogP contribution >= 0.6 is 0 Å². The molecule has 0 aliphatic heterocycles. The van der Waals surface area contributed by atoms with Gasteiger partial charge in [0.25, 0.3) is 0 Å². The van der Waals surface area contributed by atoms with Gasteiger partial charge in [0.05, 0.1) is 17.6 Å². The quantitative estimate of drug-likeness (QED) is 0.357. The molecular weight excluding hydrogens is 338 g/mol. The van der Waals surface area contributed by atoms with Gasteiger partial charge < -0.3 is 26.2 Å². The maximum absolute atomic E-state index is 12.3. The summed E-state index contributed by atoms with van der Waals surface area (Å²) < 4.78 is 5.89. The van der Waals surface area contributed by atoms with Gasteiger partial charge in [-0.05, 0) is 53.4 Å². The number of nitrogens with one attached hydrogen (secondary N) is 2. The minimum atomic E-state index is -1.01. The molecule has 0 bridgehead atoms. The van der Waals surface area contributed by atoms with Gasteiger partial charge in [0.1, 0.15) is 6.04 Å². The number of unbranched alkanes of at least 4 members (excludes halogenated alkanes) is 1. The van der Waals surface area contributed by atoms with Crippen LogP contribution in [0.4, 0.5) is 0 Å². The minimum absolute atomic E-state index is 0.0789. The van der Waals surface area contributed by atoms with Gasteiger partial charge in [0.2, 0.25) is 11.8 Å². The van der Waals surface area contributed by atoms with Crippen LogP contribution in [-0.2, 0) is 19.1 Å². The van der Waals surface area contributed by atoms with Gasteiger partial charge in [-0.2, -0.15) is 0 Å². The number of carboxylic acid groups (broad SMARTS) is 1. The third kappa shape index (κ3) is 11.0. The zero-order valence-electron chi connectivity index (χ0n) is 16.7. The van der Waals surface area contributed by atoms with Crippen molar-refractivity contribution in [1.29, 1.82) is 0 Å². The van der Waals surface area contributed by atoms with E-state index in [9.17, 15) is 14.4 Å². The van der Waals surface area contributed by atoms with Crippen molar-refractivity contribution in [3.05, 3.63) is 0 Å². The first-order valence-corrected chi connectivity index (χ1v) is 9.02. The lowest BCUT2D eigenvalue weighted by Crippen LogP contribution is -2.43. The van der Waals surface area contributed by atoms with E-state index in [0.717, 1.165) is 0 Å². The highest BCUT2D eigenvalue weighted by atomic mass is 16.5. The van der Waals surface area contributed by atoms with Gasteiger partial charge in [-0.25, -0.2) is 0 Å². The fourth-order valence-electron chi connectivity index (χ4n) is 2.11. The van der Waals surface area contributed by atoms with E-state index in [2.05, 4.69) is 10.6 Å². The number of amides is 2. The van der Waals surface area contributed by atoms with Gasteiger partial charge >= 0.3 is 5.97 Å². The lowest BCUT2D eigenvalue weighted by Gasteiger charge is -2.31. The molecule has 8 heteroatoms. The van der Waals surface area contributed by atoms with E-state index in [1.807, 2.05) is 27.7 Å². The highest BCUT2D eigenvalue weighted by Gasteiger charge is 2.31. The molecule has 0 saturated carbocycles. The minimum Gasteiger partial charge on any atom is -0.480 e. The van der Waals surface area contributed by atoms with Gasteiger partial charge in [0.15, 0.2) is 0 Å². The number of ether oxygens (including phenoxy) is 1. The van der Waals surface area contributed by atoms with Crippen LogP contribution in [0.5, 0.6) is 0 Å². The topological polar surface area (TPSA) is 131 Å². The molecule has 0 radical (unpaired) electrons. The molecule has 0 aliphatic rings. The maximum Gasteiger partial charge on any atom is 0.320 e. The van der Waals surface area contributed by atoms with Crippen LogP contribution < -0.4 is 16.4 Å². The van der Waals surface area contributed by atoms with Crippen LogP contribution in [0.25, 0.3) is 0 Å². The van der Waals surface area contributed by atoms with Gasteiger partial charge in [-0.1, -0.05) is 0 Å². The first-order valence-electron chi connectivity index (χ1n) is 9.02. The second-order valence-electron chi connectivity index (χ2n) is 7.86. The molecular formula is C18H35N3O5. The zero-order valence-corrected chi connectivity index (χ0v) is 16.7. The van der Waals surface area contributed by atoms with Crippen molar-refractivity contribution in [2.75, 3.05) is 19.7 Å². The summed E-state index contributed by atoms with van der Waals surface area (Å²) in [5.41, 5.74) is 4.29. The Morgan fingerprint density at radius 2 is 1.69 bits per heavy atom. The fraction of sp³-hybridized carbons (Fsp3) is 0.833. The Hall–Kier alpha value is -1.67. The molecule has 0 fully saturated rings. The molecule has 0 rings (SSSR count). The van der Waals surface area contributed by atoms with Crippen LogP contribution in [0.1, 0.15) is 60.3 Å². The summed E-state index contributed by atoms with van der Waals surface area (Å²) in [6.07, 6.45) is 2.35. The van der Waals surface area contributed by atoms with Crippen molar-refractivity contribution >= 4 is 17.8 Å². The highest BCUT2D eigenvalue weighted by Crippen LogP contribution is 2.22. The molecule has 1 unspecified atom stereocenters. The lowest BCUT2D eigenvalue weighted by molar-refractivity contribution is -0.139. The number of carboxylic acids is 1. The molecule has 26 heavy (non-hydrogen) atoms. The largest absolute Gasteiger partial charge is 0.480 e. The molecule has 0 spiro atoms. The van der Waals surface area contributed by atoms with Crippen LogP contribution in [-0.4, -0.2) is 54.2 Å². The summed E-state index contributed by atoms with van der Waals surface area (Å²) in [6, 6.07) is -0.852. The van der Waals surface area contributed by atoms with E-state index in [1.54, 1.807) is 0 Å². The van der Waals surface area contributed by atoms with Crippen LogP contribution in [0.2, 0.25) is 0 Å². The summed E-state index contributed by atoms with van der Waals surface area (Å²) >= 11 is 0. The number of hydrogen-bond acceptors (Lipinski definition) is 5. The molecule has 0 aliphatic carbocycles. The molecule has 5 N–H and O–H groups in total.